The van der Waals surface area contributed by atoms with Crippen molar-refractivity contribution >= 4 is 33.2 Å². The molecule has 0 radical (unpaired) electrons. The van der Waals surface area contributed by atoms with Gasteiger partial charge in [-0.15, -0.1) is 15.6 Å². The van der Waals surface area contributed by atoms with Gasteiger partial charge in [-0.2, -0.15) is 8.42 Å². The fraction of sp³-hybridized carbons (Fsp3) is 0.500. The molecule has 0 unspecified atom stereocenters. The van der Waals surface area contributed by atoms with Crippen LogP contribution in [0.1, 0.15) is 33.3 Å². The van der Waals surface area contributed by atoms with E-state index in [-0.39, 0.29) is 10.7 Å². The number of hydrogen-bond donors (Lipinski definition) is 1. The van der Waals surface area contributed by atoms with Gasteiger partial charge in [-0.05, 0) is 46.8 Å². The molecule has 0 aliphatic carbocycles. The van der Waals surface area contributed by atoms with E-state index in [0.717, 1.165) is 9.54 Å². The molecule has 2 rings (SSSR count). The quantitative estimate of drug-likeness (QED) is 0.661. The number of alkyl halides is 1. The summed E-state index contributed by atoms with van der Waals surface area (Å²) in [6.45, 7) is 8.55. The Morgan fingerprint density at radius 2 is 1.83 bits per heavy atom. The van der Waals surface area contributed by atoms with Gasteiger partial charge in [-0.1, -0.05) is 17.7 Å². The van der Waals surface area contributed by atoms with Gasteiger partial charge in [0.25, 0.3) is 5.84 Å². The second-order valence-corrected chi connectivity index (χ2v) is 8.94. The van der Waals surface area contributed by atoms with Gasteiger partial charge in [0.05, 0.1) is 0 Å². The molecule has 23 heavy (non-hydrogen) atoms. The zero-order chi connectivity index (χ0) is 17.6. The summed E-state index contributed by atoms with van der Waals surface area (Å²) < 4.78 is 27.4. The lowest BCUT2D eigenvalue weighted by molar-refractivity contribution is -0.399. The first-order valence-corrected chi connectivity index (χ1v) is 9.27. The Hall–Kier alpha value is -1.40. The minimum absolute atomic E-state index is 0.142. The zero-order valence-electron chi connectivity index (χ0n) is 13.9. The first kappa shape index (κ1) is 17.9. The minimum atomic E-state index is -3.89. The van der Waals surface area contributed by atoms with Crippen LogP contribution in [-0.4, -0.2) is 41.0 Å². The van der Waals surface area contributed by atoms with Crippen LogP contribution >= 0.6 is 11.6 Å². The van der Waals surface area contributed by atoms with E-state index in [0.29, 0.717) is 5.84 Å². The van der Waals surface area contributed by atoms with Crippen molar-refractivity contribution in [2.24, 2.45) is 0 Å². The van der Waals surface area contributed by atoms with E-state index in [1.165, 1.54) is 6.92 Å². The smallest absolute Gasteiger partial charge is 0.295 e. The molecule has 0 bridgehead atoms. The number of nitrogens with one attached hydrogen (secondary N) is 1. The third-order valence-corrected chi connectivity index (χ3v) is 5.95. The highest BCUT2D eigenvalue weighted by Crippen LogP contribution is 2.27. The van der Waals surface area contributed by atoms with Crippen LogP contribution in [0, 0.1) is 6.92 Å². The molecule has 0 saturated heterocycles. The molecule has 0 amide bonds. The fourth-order valence-electron chi connectivity index (χ4n) is 2.93. The third kappa shape index (κ3) is 3.15. The molecule has 1 N–H and O–H groups in total. The van der Waals surface area contributed by atoms with E-state index in [9.17, 15) is 13.2 Å². The van der Waals surface area contributed by atoms with Crippen LogP contribution in [0.3, 0.4) is 0 Å². The Balaban J connectivity index is 2.70. The van der Waals surface area contributed by atoms with Crippen molar-refractivity contribution in [2.75, 3.05) is 0 Å². The van der Waals surface area contributed by atoms with E-state index < -0.39 is 27.0 Å². The average Bonchev–Trinajstić information content (AvgIpc) is 2.72. The number of hydrogen-bond acceptors (Lipinski definition) is 4. The lowest BCUT2D eigenvalue weighted by Gasteiger charge is -2.21. The van der Waals surface area contributed by atoms with Crippen molar-refractivity contribution in [3.05, 3.63) is 29.8 Å². The predicted molar refractivity (Wildman–Crippen MR) is 90.6 cm³/mol. The van der Waals surface area contributed by atoms with Crippen LogP contribution in [0.4, 0.5) is 0 Å². The molecule has 126 valence electrons. The van der Waals surface area contributed by atoms with Gasteiger partial charge in [0.15, 0.2) is 5.78 Å². The molecule has 0 aromatic heterocycles. The summed E-state index contributed by atoms with van der Waals surface area (Å²) in [5.41, 5.74) is 0.226. The van der Waals surface area contributed by atoms with E-state index in [1.54, 1.807) is 45.0 Å². The Kier molecular flexibility index (Phi) is 4.61. The number of carbonyl (C=O) groups is 1. The number of benzene rings is 1. The number of sulfonamides is 1. The average molecular weight is 358 g/mol. The predicted octanol–water partition coefficient (Wildman–Crippen LogP) is 2.06. The third-order valence-electron chi connectivity index (χ3n) is 3.95. The molecule has 2 atom stereocenters. The maximum atomic E-state index is 13.1. The SMILES string of the molecule is CC(=O)[C@@H]1[N+](S(=O)(=O)c2ccc(C)cc2)=C([C@@H](C)Cl)NC1(C)C. The maximum Gasteiger partial charge on any atom is 0.331 e. The van der Waals surface area contributed by atoms with Crippen molar-refractivity contribution in [2.45, 2.75) is 56.5 Å². The summed E-state index contributed by atoms with van der Waals surface area (Å²) in [7, 11) is -3.89. The molecule has 0 spiro atoms. The van der Waals surface area contributed by atoms with Crippen LogP contribution in [0.25, 0.3) is 0 Å². The Labute approximate surface area is 142 Å². The molecule has 7 heteroatoms. The van der Waals surface area contributed by atoms with Gasteiger partial charge in [-0.3, -0.25) is 10.1 Å². The summed E-state index contributed by atoms with van der Waals surface area (Å²) in [5.74, 6) is 0.0999. The molecule has 0 fully saturated rings. The maximum absolute atomic E-state index is 13.1. The van der Waals surface area contributed by atoms with Crippen LogP contribution in [0.15, 0.2) is 29.2 Å². The van der Waals surface area contributed by atoms with E-state index in [1.807, 2.05) is 6.92 Å². The minimum Gasteiger partial charge on any atom is -0.295 e. The first-order chi connectivity index (χ1) is 10.5. The number of nitrogens with zero attached hydrogens (tertiary/aromatic N) is 1. The summed E-state index contributed by atoms with van der Waals surface area (Å²) in [6, 6.07) is 5.71. The first-order valence-electron chi connectivity index (χ1n) is 7.39. The highest BCUT2D eigenvalue weighted by molar-refractivity contribution is 7.85. The number of ketones is 1. The molecule has 1 aromatic carbocycles. The van der Waals surface area contributed by atoms with Gasteiger partial charge >= 0.3 is 10.0 Å². The zero-order valence-corrected chi connectivity index (χ0v) is 15.5. The highest BCUT2D eigenvalue weighted by Gasteiger charge is 2.55. The standard InChI is InChI=1S/C16H21ClN2O3S/c1-10-6-8-13(9-7-10)23(21,22)19-14(12(3)20)16(4,5)18-15(19)11(2)17/h6-9,11,14H,1-5H3/p+1/t11-,14+/m1/s1. The Bertz CT molecular complexity index is 765. The number of Topliss-reactive ketones (excluding diaryl/α,β-unsaturated/α-hetero) is 1. The van der Waals surface area contributed by atoms with E-state index in [2.05, 4.69) is 5.32 Å². The van der Waals surface area contributed by atoms with Gasteiger partial charge in [0.2, 0.25) is 6.04 Å². The molecule has 1 aliphatic rings. The second kappa shape index (κ2) is 5.91. The molecular formula is C16H22ClN2O3S+. The van der Waals surface area contributed by atoms with Crippen LogP contribution < -0.4 is 5.32 Å². The number of aryl methyl sites for hydroxylation is 1. The molecule has 1 aromatic rings. The molecule has 1 aliphatic heterocycles. The summed E-state index contributed by atoms with van der Waals surface area (Å²) in [5, 5.41) is 2.54. The van der Waals surface area contributed by atoms with Crippen LogP contribution in [0.2, 0.25) is 0 Å². The molecule has 5 nitrogen and oxygen atoms in total. The van der Waals surface area contributed by atoms with Gasteiger partial charge in [-0.25, -0.2) is 0 Å². The second-order valence-electron chi connectivity index (χ2n) is 6.48. The topological polar surface area (TPSA) is 66.2 Å². The number of halogens is 1. The highest BCUT2D eigenvalue weighted by atomic mass is 35.5. The summed E-state index contributed by atoms with van der Waals surface area (Å²) in [6.07, 6.45) is 0. The van der Waals surface area contributed by atoms with Crippen molar-refractivity contribution in [1.29, 1.82) is 0 Å². The molecule has 1 heterocycles. The number of amidine groups is 1. The summed E-state index contributed by atoms with van der Waals surface area (Å²) in [4.78, 5) is 12.3. The van der Waals surface area contributed by atoms with Crippen LogP contribution in [0.5, 0.6) is 0 Å². The van der Waals surface area contributed by atoms with Gasteiger partial charge < -0.3 is 0 Å². The van der Waals surface area contributed by atoms with E-state index in [4.69, 9.17) is 11.6 Å². The number of rotatable bonds is 4. The Morgan fingerprint density at radius 3 is 2.26 bits per heavy atom. The fourth-order valence-corrected chi connectivity index (χ4v) is 5.00. The lowest BCUT2D eigenvalue weighted by Crippen LogP contribution is -2.50. The molecular weight excluding hydrogens is 336 g/mol. The van der Waals surface area contributed by atoms with Crippen LogP contribution in [-0.2, 0) is 14.8 Å². The van der Waals surface area contributed by atoms with Gasteiger partial charge in [0.1, 0.15) is 15.8 Å². The van der Waals surface area contributed by atoms with Crippen molar-refractivity contribution in [1.82, 2.24) is 5.32 Å². The van der Waals surface area contributed by atoms with Crippen molar-refractivity contribution in [3.63, 3.8) is 0 Å². The Morgan fingerprint density at radius 1 is 1.30 bits per heavy atom. The molecule has 0 saturated carbocycles. The normalized spacial score (nSPS) is 21.9. The number of carbonyl (C=O) groups excluding carboxylic acids is 1. The monoisotopic (exact) mass is 357 g/mol. The van der Waals surface area contributed by atoms with Crippen molar-refractivity contribution in [3.8, 4) is 0 Å². The summed E-state index contributed by atoms with van der Waals surface area (Å²) >= 11 is 6.18. The van der Waals surface area contributed by atoms with E-state index >= 15 is 0 Å². The lowest BCUT2D eigenvalue weighted by atomic mass is 9.94. The largest absolute Gasteiger partial charge is 0.331 e. The van der Waals surface area contributed by atoms with Gasteiger partial charge in [0, 0.05) is 0 Å². The van der Waals surface area contributed by atoms with Crippen molar-refractivity contribution < 1.29 is 17.2 Å².